The highest BCUT2D eigenvalue weighted by atomic mass is 16.3. The van der Waals surface area contributed by atoms with Crippen LogP contribution in [0, 0.1) is 0 Å². The first-order valence-corrected chi connectivity index (χ1v) is 8.45. The molecular weight excluding hydrogens is 362 g/mol. The molecule has 2 aromatic rings. The number of carbonyl (C=O) groups is 3. The second-order valence-corrected chi connectivity index (χ2v) is 6.79. The van der Waals surface area contributed by atoms with Gasteiger partial charge in [-0.05, 0) is 18.2 Å². The summed E-state index contributed by atoms with van der Waals surface area (Å²) in [5.74, 6) is -2.57. The van der Waals surface area contributed by atoms with Gasteiger partial charge in [-0.25, -0.2) is 0 Å². The summed E-state index contributed by atoms with van der Waals surface area (Å²) in [5.41, 5.74) is 4.64. The van der Waals surface area contributed by atoms with Gasteiger partial charge in [-0.2, -0.15) is 0 Å². The molecule has 0 spiro atoms. The molecule has 0 aromatic heterocycles. The number of phenols is 2. The Kier molecular flexibility index (Phi) is 3.51. The molecule has 0 saturated heterocycles. The summed E-state index contributed by atoms with van der Waals surface area (Å²) in [7, 11) is 2.83. The van der Waals surface area contributed by atoms with Crippen LogP contribution in [0.25, 0.3) is 0 Å². The minimum atomic E-state index is -1.81. The predicted octanol–water partition coefficient (Wildman–Crippen LogP) is 0.572. The normalized spacial score (nSPS) is 21.7. The van der Waals surface area contributed by atoms with Gasteiger partial charge < -0.3 is 20.8 Å². The number of amides is 3. The van der Waals surface area contributed by atoms with Crippen molar-refractivity contribution in [1.29, 1.82) is 0 Å². The van der Waals surface area contributed by atoms with Crippen molar-refractivity contribution in [1.82, 2.24) is 4.90 Å². The summed E-state index contributed by atoms with van der Waals surface area (Å²) >= 11 is 0. The van der Waals surface area contributed by atoms with E-state index in [9.17, 15) is 24.6 Å². The molecule has 1 atom stereocenters. The average molecular weight is 379 g/mol. The summed E-state index contributed by atoms with van der Waals surface area (Å²) in [5, 5.41) is 20.3. The van der Waals surface area contributed by atoms with Crippen LogP contribution in [-0.2, 0) is 19.8 Å². The van der Waals surface area contributed by atoms with Gasteiger partial charge in [-0.15, -0.1) is 0 Å². The third-order valence-corrected chi connectivity index (χ3v) is 5.38. The van der Waals surface area contributed by atoms with Crippen LogP contribution < -0.4 is 10.6 Å². The van der Waals surface area contributed by atoms with Gasteiger partial charge in [0.25, 0.3) is 11.8 Å². The number of hydrogen-bond acceptors (Lipinski definition) is 6. The summed E-state index contributed by atoms with van der Waals surface area (Å²) < 4.78 is 0. The fourth-order valence-corrected chi connectivity index (χ4v) is 4.06. The summed E-state index contributed by atoms with van der Waals surface area (Å²) in [6, 6.07) is 10.5. The van der Waals surface area contributed by atoms with Crippen molar-refractivity contribution in [2.24, 2.45) is 5.73 Å². The summed E-state index contributed by atoms with van der Waals surface area (Å²) in [6.07, 6.45) is 0. The van der Waals surface area contributed by atoms with E-state index in [2.05, 4.69) is 0 Å². The molecule has 2 aromatic carbocycles. The third kappa shape index (κ3) is 1.91. The number of carbonyl (C=O) groups excluding carboxylic acids is 3. The van der Waals surface area contributed by atoms with Crippen molar-refractivity contribution in [3.05, 3.63) is 64.9 Å². The largest absolute Gasteiger partial charge is 0.508 e. The predicted molar refractivity (Wildman–Crippen MR) is 99.4 cm³/mol. The van der Waals surface area contributed by atoms with Gasteiger partial charge in [0.15, 0.2) is 0 Å². The zero-order chi connectivity index (χ0) is 20.4. The Morgan fingerprint density at radius 3 is 2.18 bits per heavy atom. The molecule has 4 N–H and O–H groups in total. The van der Waals surface area contributed by atoms with Crippen molar-refractivity contribution < 1.29 is 24.6 Å². The van der Waals surface area contributed by atoms with Crippen molar-refractivity contribution in [3.63, 3.8) is 0 Å². The van der Waals surface area contributed by atoms with Crippen molar-refractivity contribution in [2.45, 2.75) is 5.41 Å². The fraction of sp³-hybridized carbons (Fsp3) is 0.150. The van der Waals surface area contributed by atoms with Gasteiger partial charge in [0.1, 0.15) is 22.6 Å². The van der Waals surface area contributed by atoms with E-state index in [0.717, 1.165) is 11.0 Å². The maximum absolute atomic E-state index is 13.6. The van der Waals surface area contributed by atoms with E-state index in [-0.39, 0.29) is 22.6 Å². The number of imide groups is 1. The summed E-state index contributed by atoms with van der Waals surface area (Å²) in [6.45, 7) is 0. The molecule has 2 heterocycles. The van der Waals surface area contributed by atoms with Crippen LogP contribution in [0.5, 0.6) is 11.5 Å². The third-order valence-electron chi connectivity index (χ3n) is 5.38. The molecular formula is C20H17N3O5. The number of rotatable bonds is 2. The van der Waals surface area contributed by atoms with E-state index in [1.165, 1.54) is 24.1 Å². The van der Waals surface area contributed by atoms with E-state index in [1.807, 2.05) is 0 Å². The molecule has 3 amide bonds. The molecule has 142 valence electrons. The molecule has 4 rings (SSSR count). The lowest BCUT2D eigenvalue weighted by atomic mass is 9.68. The molecule has 0 aliphatic carbocycles. The van der Waals surface area contributed by atoms with Crippen LogP contribution in [0.1, 0.15) is 11.1 Å². The monoisotopic (exact) mass is 379 g/mol. The van der Waals surface area contributed by atoms with Crippen LogP contribution >= 0.6 is 0 Å². The number of phenolic OH excluding ortho intramolecular Hbond substituents is 2. The second-order valence-electron chi connectivity index (χ2n) is 6.79. The maximum Gasteiger partial charge on any atom is 0.276 e. The Labute approximate surface area is 160 Å². The van der Waals surface area contributed by atoms with Crippen LogP contribution in [-0.4, -0.2) is 46.9 Å². The molecule has 0 radical (unpaired) electrons. The molecule has 0 saturated carbocycles. The number of benzene rings is 2. The number of hydrogen-bond donors (Lipinski definition) is 3. The van der Waals surface area contributed by atoms with Crippen molar-refractivity contribution in [3.8, 4) is 11.5 Å². The Hall–Kier alpha value is -3.81. The van der Waals surface area contributed by atoms with Gasteiger partial charge in [-0.3, -0.25) is 19.3 Å². The minimum Gasteiger partial charge on any atom is -0.508 e. The Morgan fingerprint density at radius 1 is 0.893 bits per heavy atom. The smallest absolute Gasteiger partial charge is 0.276 e. The first-order chi connectivity index (χ1) is 13.2. The van der Waals surface area contributed by atoms with E-state index in [4.69, 9.17) is 5.73 Å². The van der Waals surface area contributed by atoms with Gasteiger partial charge in [0.05, 0.1) is 5.57 Å². The Balaban J connectivity index is 2.18. The van der Waals surface area contributed by atoms with Gasteiger partial charge in [-0.1, -0.05) is 18.2 Å². The van der Waals surface area contributed by atoms with E-state index >= 15 is 0 Å². The van der Waals surface area contributed by atoms with Crippen LogP contribution in [0.3, 0.4) is 0 Å². The van der Waals surface area contributed by atoms with E-state index in [0.29, 0.717) is 11.3 Å². The molecule has 0 fully saturated rings. The first kappa shape index (κ1) is 17.6. The highest BCUT2D eigenvalue weighted by Gasteiger charge is 2.60. The highest BCUT2D eigenvalue weighted by Crippen LogP contribution is 2.54. The molecule has 0 bridgehead atoms. The molecule has 28 heavy (non-hydrogen) atoms. The number of anilines is 1. The van der Waals surface area contributed by atoms with Crippen LogP contribution in [0.4, 0.5) is 5.69 Å². The van der Waals surface area contributed by atoms with Gasteiger partial charge >= 0.3 is 0 Å². The van der Waals surface area contributed by atoms with E-state index < -0.39 is 28.9 Å². The first-order valence-electron chi connectivity index (χ1n) is 8.45. The topological polar surface area (TPSA) is 124 Å². The van der Waals surface area contributed by atoms with E-state index in [1.54, 1.807) is 31.3 Å². The van der Waals surface area contributed by atoms with Crippen molar-refractivity contribution in [2.75, 3.05) is 19.0 Å². The van der Waals surface area contributed by atoms with Crippen molar-refractivity contribution >= 4 is 23.4 Å². The zero-order valence-corrected chi connectivity index (χ0v) is 15.1. The number of nitrogens with zero attached hydrogens (tertiary/aromatic N) is 2. The lowest BCUT2D eigenvalue weighted by molar-refractivity contribution is -0.136. The van der Waals surface area contributed by atoms with Crippen LogP contribution in [0.2, 0.25) is 0 Å². The van der Waals surface area contributed by atoms with Gasteiger partial charge in [0, 0.05) is 37.0 Å². The lowest BCUT2D eigenvalue weighted by Crippen LogP contribution is -2.44. The number of para-hydroxylation sites is 1. The Bertz CT molecular complexity index is 1110. The summed E-state index contributed by atoms with van der Waals surface area (Å²) in [4.78, 5) is 41.2. The molecule has 8 heteroatoms. The second kappa shape index (κ2) is 5.59. The average Bonchev–Trinajstić information content (AvgIpc) is 3.00. The fourth-order valence-electron chi connectivity index (χ4n) is 4.06. The molecule has 2 aliphatic heterocycles. The van der Waals surface area contributed by atoms with Crippen LogP contribution in [0.15, 0.2) is 53.7 Å². The lowest BCUT2D eigenvalue weighted by Gasteiger charge is -2.30. The number of nitrogens with two attached hydrogens (primary N) is 1. The maximum atomic E-state index is 13.6. The SMILES string of the molecule is CN1C(=O)C(N)=C(C2(c3ccc(O)cc3O)C(=O)N(C)c3ccccc32)C1=O. The minimum absolute atomic E-state index is 0.0569. The molecule has 8 nitrogen and oxygen atoms in total. The van der Waals surface area contributed by atoms with Gasteiger partial charge in [0.2, 0.25) is 5.91 Å². The Morgan fingerprint density at radius 2 is 1.57 bits per heavy atom. The molecule has 1 unspecified atom stereocenters. The number of aromatic hydroxyl groups is 2. The quantitative estimate of drug-likeness (QED) is 0.656. The molecule has 2 aliphatic rings. The standard InChI is InChI=1S/C20H17N3O5/c1-22-13-6-4-3-5-11(13)20(19(22)28,12-8-7-10(24)9-14(12)25)15-16(21)18(27)23(2)17(15)26/h3-9,24-25H,21H2,1-2H3. The number of likely N-dealkylation sites (N-methyl/N-ethyl adjacent to an activating group) is 2. The number of fused-ring (bicyclic) bond motifs is 1. The zero-order valence-electron chi connectivity index (χ0n) is 15.1. The highest BCUT2D eigenvalue weighted by molar-refractivity contribution is 6.26.